The monoisotopic (exact) mass is 266 g/mol. The van der Waals surface area contributed by atoms with Crippen LogP contribution in [0.1, 0.15) is 24.1 Å². The second kappa shape index (κ2) is 4.30. The molecule has 0 radical (unpaired) electrons. The van der Waals surface area contributed by atoms with E-state index in [1.54, 1.807) is 12.4 Å². The Kier molecular flexibility index (Phi) is 2.45. The first-order valence-corrected chi connectivity index (χ1v) is 6.87. The molecule has 0 saturated heterocycles. The van der Waals surface area contributed by atoms with Gasteiger partial charge in [-0.25, -0.2) is 9.67 Å². The van der Waals surface area contributed by atoms with Crippen LogP contribution >= 0.6 is 0 Å². The number of aromatic amines is 1. The van der Waals surface area contributed by atoms with Crippen molar-refractivity contribution in [3.8, 4) is 5.82 Å². The topological polar surface area (TPSA) is 63.6 Å². The third-order valence-electron chi connectivity index (χ3n) is 3.89. The zero-order valence-electron chi connectivity index (χ0n) is 11.0. The number of nitrogens with zero attached hydrogens (tertiary/aromatic N) is 3. The van der Waals surface area contributed by atoms with E-state index in [9.17, 15) is 4.79 Å². The fourth-order valence-corrected chi connectivity index (χ4v) is 2.89. The van der Waals surface area contributed by atoms with Gasteiger partial charge in [0.2, 0.25) is 0 Å². The molecule has 0 fully saturated rings. The minimum Gasteiger partial charge on any atom is -0.288 e. The lowest BCUT2D eigenvalue weighted by molar-refractivity contribution is 0.671. The van der Waals surface area contributed by atoms with Crippen LogP contribution in [-0.2, 0) is 12.8 Å². The Hall–Kier alpha value is -2.43. The summed E-state index contributed by atoms with van der Waals surface area (Å²) in [5.41, 5.74) is 3.16. The Morgan fingerprint density at radius 2 is 2.05 bits per heavy atom. The van der Waals surface area contributed by atoms with Crippen LogP contribution in [0, 0.1) is 0 Å². The maximum atomic E-state index is 12.5. The van der Waals surface area contributed by atoms with Gasteiger partial charge in [-0.2, -0.15) is 0 Å². The maximum Gasteiger partial charge on any atom is 0.282 e. The zero-order chi connectivity index (χ0) is 13.5. The van der Waals surface area contributed by atoms with Crippen LogP contribution in [0.4, 0.5) is 0 Å². The van der Waals surface area contributed by atoms with E-state index in [-0.39, 0.29) is 5.56 Å². The molecule has 0 unspecified atom stereocenters. The standard InChI is InChI=1S/C15H14N4O/c20-15-11-9-17-12-6-2-1-5-10(12)14(11)18-19(15)13-7-3-4-8-16-13/h3-4,7-9,18H,1-2,5-6H2. The smallest absolute Gasteiger partial charge is 0.282 e. The van der Waals surface area contributed by atoms with Crippen molar-refractivity contribution in [2.45, 2.75) is 25.7 Å². The van der Waals surface area contributed by atoms with Crippen molar-refractivity contribution in [3.05, 3.63) is 52.2 Å². The minimum atomic E-state index is -0.0837. The van der Waals surface area contributed by atoms with Crippen LogP contribution in [0.25, 0.3) is 16.7 Å². The van der Waals surface area contributed by atoms with Gasteiger partial charge >= 0.3 is 0 Å². The number of H-pyrrole nitrogens is 1. The van der Waals surface area contributed by atoms with E-state index in [2.05, 4.69) is 15.1 Å². The summed E-state index contributed by atoms with van der Waals surface area (Å²) in [5, 5.41) is 3.86. The first-order valence-electron chi connectivity index (χ1n) is 6.87. The Labute approximate surface area is 115 Å². The molecular formula is C15H14N4O. The molecule has 20 heavy (non-hydrogen) atoms. The Morgan fingerprint density at radius 3 is 2.90 bits per heavy atom. The SMILES string of the molecule is O=c1c2cnc3c(c2[nH]n1-c1ccccn1)CCCC3. The van der Waals surface area contributed by atoms with Gasteiger partial charge < -0.3 is 0 Å². The van der Waals surface area contributed by atoms with Crippen LogP contribution in [0.15, 0.2) is 35.4 Å². The van der Waals surface area contributed by atoms with Gasteiger partial charge in [0.15, 0.2) is 5.82 Å². The van der Waals surface area contributed by atoms with Crippen LogP contribution in [-0.4, -0.2) is 19.7 Å². The van der Waals surface area contributed by atoms with E-state index in [1.807, 2.05) is 18.2 Å². The van der Waals surface area contributed by atoms with Gasteiger partial charge in [0, 0.05) is 18.1 Å². The lowest BCUT2D eigenvalue weighted by atomic mass is 9.95. The largest absolute Gasteiger partial charge is 0.288 e. The average molecular weight is 266 g/mol. The van der Waals surface area contributed by atoms with Crippen LogP contribution < -0.4 is 5.56 Å². The van der Waals surface area contributed by atoms with E-state index in [1.165, 1.54) is 16.7 Å². The summed E-state index contributed by atoms with van der Waals surface area (Å²) >= 11 is 0. The molecule has 4 rings (SSSR count). The third kappa shape index (κ3) is 1.59. The summed E-state index contributed by atoms with van der Waals surface area (Å²) in [6.07, 6.45) is 7.70. The number of pyridine rings is 2. The molecule has 0 saturated carbocycles. The number of aryl methyl sites for hydroxylation is 2. The zero-order valence-corrected chi connectivity index (χ0v) is 11.0. The highest BCUT2D eigenvalue weighted by Gasteiger charge is 2.18. The maximum absolute atomic E-state index is 12.5. The molecule has 3 aromatic rings. The quantitative estimate of drug-likeness (QED) is 0.732. The molecule has 0 spiro atoms. The van der Waals surface area contributed by atoms with Crippen LogP contribution in [0.3, 0.4) is 0 Å². The normalized spacial score (nSPS) is 14.4. The summed E-state index contributed by atoms with van der Waals surface area (Å²) in [7, 11) is 0. The summed E-state index contributed by atoms with van der Waals surface area (Å²) in [6, 6.07) is 5.52. The molecule has 1 N–H and O–H groups in total. The number of aromatic nitrogens is 4. The van der Waals surface area contributed by atoms with Gasteiger partial charge in [0.05, 0.1) is 10.9 Å². The Bertz CT molecular complexity index is 832. The van der Waals surface area contributed by atoms with Gasteiger partial charge in [-0.1, -0.05) is 6.07 Å². The summed E-state index contributed by atoms with van der Waals surface area (Å²) in [6.45, 7) is 0. The fourth-order valence-electron chi connectivity index (χ4n) is 2.89. The van der Waals surface area contributed by atoms with Crippen molar-refractivity contribution in [1.29, 1.82) is 0 Å². The number of fused-ring (bicyclic) bond motifs is 3. The second-order valence-electron chi connectivity index (χ2n) is 5.12. The number of hydrogen-bond donors (Lipinski definition) is 1. The van der Waals surface area contributed by atoms with E-state index >= 15 is 0 Å². The number of nitrogens with one attached hydrogen (secondary N) is 1. The fraction of sp³-hybridized carbons (Fsp3) is 0.267. The molecule has 0 aliphatic heterocycles. The molecule has 100 valence electrons. The highest BCUT2D eigenvalue weighted by atomic mass is 16.1. The van der Waals surface area contributed by atoms with Gasteiger partial charge in [0.25, 0.3) is 5.56 Å². The molecule has 0 atom stereocenters. The molecule has 0 bridgehead atoms. The molecule has 0 amide bonds. The molecule has 3 heterocycles. The lowest BCUT2D eigenvalue weighted by Gasteiger charge is -2.14. The predicted octanol–water partition coefficient (Wildman–Crippen LogP) is 1.99. The van der Waals surface area contributed by atoms with Crippen LogP contribution in [0.5, 0.6) is 0 Å². The van der Waals surface area contributed by atoms with E-state index in [4.69, 9.17) is 0 Å². The van der Waals surface area contributed by atoms with Crippen molar-refractivity contribution >= 4 is 10.9 Å². The molecule has 1 aliphatic carbocycles. The molecular weight excluding hydrogens is 252 g/mol. The van der Waals surface area contributed by atoms with Crippen LogP contribution in [0.2, 0.25) is 0 Å². The predicted molar refractivity (Wildman–Crippen MR) is 76.1 cm³/mol. The summed E-state index contributed by atoms with van der Waals surface area (Å²) in [4.78, 5) is 21.2. The van der Waals surface area contributed by atoms with Gasteiger partial charge in [-0.3, -0.25) is 14.9 Å². The molecule has 1 aliphatic rings. The molecule has 3 aromatic heterocycles. The van der Waals surface area contributed by atoms with E-state index < -0.39 is 0 Å². The second-order valence-corrected chi connectivity index (χ2v) is 5.12. The minimum absolute atomic E-state index is 0.0837. The highest BCUT2D eigenvalue weighted by Crippen LogP contribution is 2.24. The number of hydrogen-bond acceptors (Lipinski definition) is 3. The van der Waals surface area contributed by atoms with Crippen molar-refractivity contribution < 1.29 is 0 Å². The molecule has 5 nitrogen and oxygen atoms in total. The van der Waals surface area contributed by atoms with E-state index in [0.29, 0.717) is 11.2 Å². The summed E-state index contributed by atoms with van der Waals surface area (Å²) in [5.74, 6) is 0.609. The van der Waals surface area contributed by atoms with Crippen molar-refractivity contribution in [2.24, 2.45) is 0 Å². The van der Waals surface area contributed by atoms with Crippen molar-refractivity contribution in [1.82, 2.24) is 19.7 Å². The molecule has 5 heteroatoms. The summed E-state index contributed by atoms with van der Waals surface area (Å²) < 4.78 is 1.50. The van der Waals surface area contributed by atoms with Gasteiger partial charge in [0.1, 0.15) is 0 Å². The average Bonchev–Trinajstić information content (AvgIpc) is 2.86. The number of rotatable bonds is 1. The lowest BCUT2D eigenvalue weighted by Crippen LogP contribution is -2.15. The van der Waals surface area contributed by atoms with Crippen molar-refractivity contribution in [2.75, 3.05) is 0 Å². The van der Waals surface area contributed by atoms with Gasteiger partial charge in [-0.05, 0) is 43.4 Å². The Morgan fingerprint density at radius 1 is 1.15 bits per heavy atom. The van der Waals surface area contributed by atoms with Crippen molar-refractivity contribution in [3.63, 3.8) is 0 Å². The van der Waals surface area contributed by atoms with E-state index in [0.717, 1.165) is 30.5 Å². The third-order valence-corrected chi connectivity index (χ3v) is 3.89. The molecule has 0 aromatic carbocycles. The Balaban J connectivity index is 2.01. The first-order chi connectivity index (χ1) is 9.84. The van der Waals surface area contributed by atoms with Gasteiger partial charge in [-0.15, -0.1) is 0 Å². The first kappa shape index (κ1) is 11.4. The highest BCUT2D eigenvalue weighted by molar-refractivity contribution is 5.81.